The third-order valence-corrected chi connectivity index (χ3v) is 6.37. The van der Waals surface area contributed by atoms with Gasteiger partial charge in [0.15, 0.2) is 0 Å². The van der Waals surface area contributed by atoms with Crippen LogP contribution < -0.4 is 10.6 Å². The highest BCUT2D eigenvalue weighted by molar-refractivity contribution is 6.11. The number of anilines is 1. The molecule has 4 rings (SSSR count). The van der Waals surface area contributed by atoms with Crippen LogP contribution in [0.4, 0.5) is 10.5 Å². The summed E-state index contributed by atoms with van der Waals surface area (Å²) in [6.07, 6.45) is 0. The van der Waals surface area contributed by atoms with Crippen LogP contribution in [0.1, 0.15) is 36.7 Å². The molecule has 0 saturated carbocycles. The summed E-state index contributed by atoms with van der Waals surface area (Å²) in [5, 5.41) is 7.27. The van der Waals surface area contributed by atoms with Crippen LogP contribution in [-0.2, 0) is 15.1 Å². The van der Waals surface area contributed by atoms with E-state index in [1.54, 1.807) is 36.1 Å². The molecule has 1 saturated heterocycles. The van der Waals surface area contributed by atoms with Gasteiger partial charge >= 0.3 is 6.03 Å². The number of urea groups is 1. The van der Waals surface area contributed by atoms with Crippen molar-refractivity contribution in [1.29, 1.82) is 0 Å². The van der Waals surface area contributed by atoms with E-state index in [0.29, 0.717) is 29.9 Å². The van der Waals surface area contributed by atoms with Crippen molar-refractivity contribution in [2.75, 3.05) is 25.0 Å². The van der Waals surface area contributed by atoms with E-state index in [4.69, 9.17) is 0 Å². The predicted octanol–water partition coefficient (Wildman–Crippen LogP) is 3.73. The first kappa shape index (κ1) is 23.9. The van der Waals surface area contributed by atoms with Gasteiger partial charge in [-0.1, -0.05) is 42.5 Å². The Balaban J connectivity index is 1.47. The molecule has 1 fully saturated rings. The van der Waals surface area contributed by atoms with Crippen LogP contribution in [0.25, 0.3) is 10.8 Å². The number of benzene rings is 3. The van der Waals surface area contributed by atoms with E-state index in [0.717, 1.165) is 15.7 Å². The molecule has 0 unspecified atom stereocenters. The van der Waals surface area contributed by atoms with Crippen LogP contribution in [0, 0.1) is 0 Å². The number of nitrogens with one attached hydrogen (secondary N) is 2. The molecule has 1 heterocycles. The highest BCUT2D eigenvalue weighted by Gasteiger charge is 2.50. The van der Waals surface area contributed by atoms with E-state index >= 15 is 0 Å². The van der Waals surface area contributed by atoms with Gasteiger partial charge in [-0.05, 0) is 61.4 Å². The van der Waals surface area contributed by atoms with Crippen molar-refractivity contribution in [2.24, 2.45) is 0 Å². The van der Waals surface area contributed by atoms with Crippen molar-refractivity contribution in [3.63, 3.8) is 0 Å². The maximum Gasteiger partial charge on any atom is 0.325 e. The standard InChI is InChI=1S/C27H28N4O4/c1-4-30(5-2)24(33)19-13-15-20(16-14-19)28-23(32)17-31-25(34)27(3,29-26(31)35)22-12-8-10-18-9-6-7-11-21(18)22/h6-16H,4-5,17H2,1-3H3,(H,28,32)(H,29,35)/t27-/m1/s1. The molecule has 1 atom stereocenters. The lowest BCUT2D eigenvalue weighted by Gasteiger charge is -2.24. The summed E-state index contributed by atoms with van der Waals surface area (Å²) < 4.78 is 0. The smallest absolute Gasteiger partial charge is 0.325 e. The van der Waals surface area contributed by atoms with E-state index in [1.807, 2.05) is 56.3 Å². The molecule has 1 aliphatic heterocycles. The Hall–Kier alpha value is -4.20. The van der Waals surface area contributed by atoms with Gasteiger partial charge in [-0.15, -0.1) is 0 Å². The quantitative estimate of drug-likeness (QED) is 0.512. The van der Waals surface area contributed by atoms with Crippen molar-refractivity contribution in [1.82, 2.24) is 15.1 Å². The first-order valence-electron chi connectivity index (χ1n) is 11.6. The van der Waals surface area contributed by atoms with Gasteiger partial charge in [0.2, 0.25) is 5.91 Å². The zero-order valence-electron chi connectivity index (χ0n) is 20.0. The highest BCUT2D eigenvalue weighted by atomic mass is 16.2. The van der Waals surface area contributed by atoms with E-state index < -0.39 is 29.9 Å². The molecule has 1 aliphatic rings. The molecule has 8 nitrogen and oxygen atoms in total. The summed E-state index contributed by atoms with van der Waals surface area (Å²) in [7, 11) is 0. The van der Waals surface area contributed by atoms with E-state index in [-0.39, 0.29) is 5.91 Å². The minimum atomic E-state index is -1.29. The van der Waals surface area contributed by atoms with Crippen LogP contribution >= 0.6 is 0 Å². The fourth-order valence-electron chi connectivity index (χ4n) is 4.42. The van der Waals surface area contributed by atoms with Gasteiger partial charge in [-0.3, -0.25) is 19.3 Å². The molecule has 180 valence electrons. The number of carbonyl (C=O) groups excluding carboxylic acids is 4. The third kappa shape index (κ3) is 4.47. The average Bonchev–Trinajstić information content (AvgIpc) is 3.08. The Morgan fingerprint density at radius 2 is 1.60 bits per heavy atom. The highest BCUT2D eigenvalue weighted by Crippen LogP contribution is 2.33. The molecular weight excluding hydrogens is 444 g/mol. The molecular formula is C27H28N4O4. The van der Waals surface area contributed by atoms with Gasteiger partial charge < -0.3 is 15.5 Å². The molecule has 0 aliphatic carbocycles. The van der Waals surface area contributed by atoms with Gasteiger partial charge in [0.25, 0.3) is 11.8 Å². The Kier molecular flexibility index (Phi) is 6.55. The van der Waals surface area contributed by atoms with Gasteiger partial charge in [-0.25, -0.2) is 4.79 Å². The number of rotatable bonds is 7. The summed E-state index contributed by atoms with van der Waals surface area (Å²) in [5.41, 5.74) is 0.372. The van der Waals surface area contributed by atoms with E-state index in [2.05, 4.69) is 10.6 Å². The normalized spacial score (nSPS) is 17.4. The van der Waals surface area contributed by atoms with Crippen LogP contribution in [0.15, 0.2) is 66.7 Å². The first-order chi connectivity index (χ1) is 16.8. The molecule has 2 N–H and O–H groups in total. The molecule has 3 aromatic carbocycles. The second kappa shape index (κ2) is 9.58. The number of hydrogen-bond acceptors (Lipinski definition) is 4. The van der Waals surface area contributed by atoms with Crippen LogP contribution in [-0.4, -0.2) is 53.2 Å². The Bertz CT molecular complexity index is 1290. The molecule has 0 spiro atoms. The van der Waals surface area contributed by atoms with Gasteiger partial charge in [-0.2, -0.15) is 0 Å². The average molecular weight is 473 g/mol. The topological polar surface area (TPSA) is 98.8 Å². The zero-order valence-corrected chi connectivity index (χ0v) is 20.0. The SMILES string of the molecule is CCN(CC)C(=O)c1ccc(NC(=O)CN2C(=O)N[C@](C)(c3cccc4ccccc34)C2=O)cc1. The fraction of sp³-hybridized carbons (Fsp3) is 0.259. The molecule has 8 heteroatoms. The maximum atomic E-state index is 13.3. The molecule has 0 aromatic heterocycles. The Morgan fingerprint density at radius 1 is 0.943 bits per heavy atom. The second-order valence-corrected chi connectivity index (χ2v) is 8.58. The van der Waals surface area contributed by atoms with Crippen molar-refractivity contribution in [3.05, 3.63) is 77.9 Å². The predicted molar refractivity (Wildman–Crippen MR) is 134 cm³/mol. The van der Waals surface area contributed by atoms with Crippen LogP contribution in [0.3, 0.4) is 0 Å². The molecule has 0 radical (unpaired) electrons. The minimum absolute atomic E-state index is 0.0834. The largest absolute Gasteiger partial charge is 0.339 e. The third-order valence-electron chi connectivity index (χ3n) is 6.37. The lowest BCUT2D eigenvalue weighted by molar-refractivity contribution is -0.133. The Labute approximate surface area is 203 Å². The lowest BCUT2D eigenvalue weighted by Crippen LogP contribution is -2.42. The second-order valence-electron chi connectivity index (χ2n) is 8.58. The zero-order chi connectivity index (χ0) is 25.2. The number of imide groups is 1. The fourth-order valence-corrected chi connectivity index (χ4v) is 4.42. The number of hydrogen-bond donors (Lipinski definition) is 2. The number of amides is 5. The van der Waals surface area contributed by atoms with E-state index in [9.17, 15) is 19.2 Å². The van der Waals surface area contributed by atoms with Crippen molar-refractivity contribution < 1.29 is 19.2 Å². The van der Waals surface area contributed by atoms with Crippen molar-refractivity contribution in [2.45, 2.75) is 26.3 Å². The summed E-state index contributed by atoms with van der Waals surface area (Å²) in [6.45, 7) is 6.27. The minimum Gasteiger partial charge on any atom is -0.339 e. The molecule has 0 bridgehead atoms. The van der Waals surface area contributed by atoms with E-state index in [1.165, 1.54) is 0 Å². The summed E-state index contributed by atoms with van der Waals surface area (Å²) in [6, 6.07) is 19.1. The number of fused-ring (bicyclic) bond motifs is 1. The lowest BCUT2D eigenvalue weighted by atomic mass is 9.88. The monoisotopic (exact) mass is 472 g/mol. The molecule has 35 heavy (non-hydrogen) atoms. The summed E-state index contributed by atoms with van der Waals surface area (Å²) >= 11 is 0. The van der Waals surface area contributed by atoms with Crippen molar-refractivity contribution in [3.8, 4) is 0 Å². The molecule has 5 amide bonds. The van der Waals surface area contributed by atoms with Gasteiger partial charge in [0.05, 0.1) is 0 Å². The summed E-state index contributed by atoms with van der Waals surface area (Å²) in [4.78, 5) is 53.8. The number of nitrogens with zero attached hydrogens (tertiary/aromatic N) is 2. The summed E-state index contributed by atoms with van der Waals surface area (Å²) in [5.74, 6) is -1.09. The van der Waals surface area contributed by atoms with Gasteiger partial charge in [0.1, 0.15) is 12.1 Å². The van der Waals surface area contributed by atoms with Crippen molar-refractivity contribution >= 4 is 40.2 Å². The van der Waals surface area contributed by atoms with Crippen LogP contribution in [0.5, 0.6) is 0 Å². The number of carbonyl (C=O) groups is 4. The molecule has 3 aromatic rings. The van der Waals surface area contributed by atoms with Gasteiger partial charge in [0, 0.05) is 24.3 Å². The van der Waals surface area contributed by atoms with Crippen LogP contribution in [0.2, 0.25) is 0 Å². The Morgan fingerprint density at radius 3 is 2.29 bits per heavy atom. The maximum absolute atomic E-state index is 13.3. The first-order valence-corrected chi connectivity index (χ1v) is 11.6.